The Labute approximate surface area is 92.1 Å². The van der Waals surface area contributed by atoms with Crippen LogP contribution in [-0.2, 0) is 6.54 Å². The van der Waals surface area contributed by atoms with Gasteiger partial charge in [0, 0.05) is 4.88 Å². The maximum absolute atomic E-state index is 5.27. The number of hydrogen-bond donors (Lipinski definition) is 3. The third-order valence-electron chi connectivity index (χ3n) is 1.92. The van der Waals surface area contributed by atoms with Crippen molar-refractivity contribution in [3.05, 3.63) is 40.6 Å². The minimum Gasteiger partial charge on any atom is -0.365 e. The Hall–Kier alpha value is -1.59. The predicted octanol–water partition coefficient (Wildman–Crippen LogP) is 2.04. The van der Waals surface area contributed by atoms with Crippen LogP contribution in [0.5, 0.6) is 0 Å². The molecule has 2 aromatic rings. The highest BCUT2D eigenvalue weighted by Crippen LogP contribution is 2.12. The number of rotatable bonds is 4. The molecule has 0 saturated carbocycles. The molecule has 2 heterocycles. The number of pyridine rings is 1. The minimum absolute atomic E-state index is 0.658. The highest BCUT2D eigenvalue weighted by atomic mass is 32.1. The number of anilines is 2. The van der Waals surface area contributed by atoms with Gasteiger partial charge in [0.05, 0.1) is 6.54 Å². The molecule has 4 N–H and O–H groups in total. The second-order valence-electron chi connectivity index (χ2n) is 2.99. The normalized spacial score (nSPS) is 9.93. The molecule has 4 nitrogen and oxygen atoms in total. The summed E-state index contributed by atoms with van der Waals surface area (Å²) in [7, 11) is 0. The summed E-state index contributed by atoms with van der Waals surface area (Å²) in [4.78, 5) is 5.53. The second-order valence-corrected chi connectivity index (χ2v) is 4.02. The first kappa shape index (κ1) is 9.95. The predicted molar refractivity (Wildman–Crippen MR) is 63.7 cm³/mol. The monoisotopic (exact) mass is 220 g/mol. The van der Waals surface area contributed by atoms with Gasteiger partial charge < -0.3 is 10.7 Å². The van der Waals surface area contributed by atoms with E-state index < -0.39 is 0 Å². The molecule has 0 radical (unpaired) electrons. The van der Waals surface area contributed by atoms with E-state index in [1.54, 1.807) is 11.3 Å². The Morgan fingerprint density at radius 2 is 2.07 bits per heavy atom. The summed E-state index contributed by atoms with van der Waals surface area (Å²) in [6.45, 7) is 0.790. The number of nitrogens with one attached hydrogen (secondary N) is 2. The molecule has 0 atom stereocenters. The van der Waals surface area contributed by atoms with Gasteiger partial charge >= 0.3 is 0 Å². The lowest BCUT2D eigenvalue weighted by atomic mass is 10.4. The van der Waals surface area contributed by atoms with Crippen molar-refractivity contribution in [2.45, 2.75) is 6.54 Å². The fourth-order valence-corrected chi connectivity index (χ4v) is 1.85. The molecule has 0 saturated heterocycles. The molecule has 0 aliphatic carbocycles. The molecule has 0 aromatic carbocycles. The highest BCUT2D eigenvalue weighted by Gasteiger charge is 1.96. The van der Waals surface area contributed by atoms with E-state index in [-0.39, 0.29) is 0 Å². The van der Waals surface area contributed by atoms with Crippen molar-refractivity contribution in [1.82, 2.24) is 4.98 Å². The van der Waals surface area contributed by atoms with Crippen molar-refractivity contribution in [3.63, 3.8) is 0 Å². The molecular formula is C10H12N4S. The average molecular weight is 220 g/mol. The number of nitrogens with zero attached hydrogens (tertiary/aromatic N) is 1. The van der Waals surface area contributed by atoms with Crippen LogP contribution < -0.4 is 16.6 Å². The Balaban J connectivity index is 1.98. The molecule has 2 rings (SSSR count). The smallest absolute Gasteiger partial charge is 0.142 e. The summed E-state index contributed by atoms with van der Waals surface area (Å²) in [5, 5.41) is 5.28. The summed E-state index contributed by atoms with van der Waals surface area (Å²) in [5.74, 6) is 6.75. The summed E-state index contributed by atoms with van der Waals surface area (Å²) >= 11 is 1.72. The van der Waals surface area contributed by atoms with Crippen LogP contribution in [0, 0.1) is 0 Å². The van der Waals surface area contributed by atoms with E-state index in [1.165, 1.54) is 4.88 Å². The first-order valence-electron chi connectivity index (χ1n) is 4.58. The van der Waals surface area contributed by atoms with E-state index in [4.69, 9.17) is 5.84 Å². The summed E-state index contributed by atoms with van der Waals surface area (Å²) in [6, 6.07) is 9.75. The van der Waals surface area contributed by atoms with Gasteiger partial charge in [0.2, 0.25) is 0 Å². The van der Waals surface area contributed by atoms with Crippen molar-refractivity contribution >= 4 is 23.0 Å². The standard InChI is InChI=1S/C10H12N4S/c11-14-10-5-1-4-9(13-10)12-7-8-3-2-6-15-8/h1-6H,7,11H2,(H2,12,13,14). The number of thiophene rings is 1. The Morgan fingerprint density at radius 3 is 2.80 bits per heavy atom. The van der Waals surface area contributed by atoms with Gasteiger partial charge in [-0.3, -0.25) is 0 Å². The minimum atomic E-state index is 0.658. The quantitative estimate of drug-likeness (QED) is 0.545. The van der Waals surface area contributed by atoms with Gasteiger partial charge in [-0.25, -0.2) is 10.8 Å². The zero-order chi connectivity index (χ0) is 10.5. The molecule has 0 bridgehead atoms. The Morgan fingerprint density at radius 1 is 1.20 bits per heavy atom. The fourth-order valence-electron chi connectivity index (χ4n) is 1.20. The first-order chi connectivity index (χ1) is 7.38. The van der Waals surface area contributed by atoms with Gasteiger partial charge in [-0.2, -0.15) is 0 Å². The van der Waals surface area contributed by atoms with Crippen molar-refractivity contribution in [1.29, 1.82) is 0 Å². The van der Waals surface area contributed by atoms with Crippen molar-refractivity contribution < 1.29 is 0 Å². The lowest BCUT2D eigenvalue weighted by Gasteiger charge is -2.05. The SMILES string of the molecule is NNc1cccc(NCc2cccs2)n1. The van der Waals surface area contributed by atoms with Gasteiger partial charge in [0.25, 0.3) is 0 Å². The maximum Gasteiger partial charge on any atom is 0.142 e. The van der Waals surface area contributed by atoms with Crippen LogP contribution in [0.4, 0.5) is 11.6 Å². The molecule has 2 aromatic heterocycles. The fraction of sp³-hybridized carbons (Fsp3) is 0.100. The van der Waals surface area contributed by atoms with Gasteiger partial charge in [-0.05, 0) is 23.6 Å². The number of hydrazine groups is 1. The molecule has 0 unspecified atom stereocenters. The van der Waals surface area contributed by atoms with Crippen LogP contribution in [0.25, 0.3) is 0 Å². The number of nitrogens with two attached hydrogens (primary N) is 1. The summed E-state index contributed by atoms with van der Waals surface area (Å²) < 4.78 is 0. The van der Waals surface area contributed by atoms with E-state index in [0.717, 1.165) is 12.4 Å². The molecule has 78 valence electrons. The zero-order valence-corrected chi connectivity index (χ0v) is 8.92. The Kier molecular flexibility index (Phi) is 3.16. The van der Waals surface area contributed by atoms with E-state index in [2.05, 4.69) is 27.2 Å². The number of hydrogen-bond acceptors (Lipinski definition) is 5. The molecular weight excluding hydrogens is 208 g/mol. The topological polar surface area (TPSA) is 63.0 Å². The van der Waals surface area contributed by atoms with Gasteiger partial charge in [0.15, 0.2) is 0 Å². The molecule has 0 aliphatic rings. The zero-order valence-electron chi connectivity index (χ0n) is 8.10. The van der Waals surface area contributed by atoms with E-state index in [0.29, 0.717) is 5.82 Å². The average Bonchev–Trinajstić information content (AvgIpc) is 2.79. The van der Waals surface area contributed by atoms with Crippen molar-refractivity contribution in [2.75, 3.05) is 10.7 Å². The molecule has 0 amide bonds. The van der Waals surface area contributed by atoms with Crippen LogP contribution in [0.1, 0.15) is 4.88 Å². The lowest BCUT2D eigenvalue weighted by Crippen LogP contribution is -2.09. The van der Waals surface area contributed by atoms with Crippen LogP contribution >= 0.6 is 11.3 Å². The Bertz CT molecular complexity index is 413. The molecule has 5 heteroatoms. The van der Waals surface area contributed by atoms with Crippen LogP contribution in [-0.4, -0.2) is 4.98 Å². The van der Waals surface area contributed by atoms with Gasteiger partial charge in [-0.1, -0.05) is 12.1 Å². The molecule has 0 aliphatic heterocycles. The van der Waals surface area contributed by atoms with Gasteiger partial charge in [0.1, 0.15) is 11.6 Å². The third kappa shape index (κ3) is 2.68. The van der Waals surface area contributed by atoms with Crippen LogP contribution in [0.2, 0.25) is 0 Å². The van der Waals surface area contributed by atoms with Gasteiger partial charge in [-0.15, -0.1) is 11.3 Å². The third-order valence-corrected chi connectivity index (χ3v) is 2.80. The van der Waals surface area contributed by atoms with Crippen molar-refractivity contribution in [3.8, 4) is 0 Å². The lowest BCUT2D eigenvalue weighted by molar-refractivity contribution is 1.13. The van der Waals surface area contributed by atoms with Crippen molar-refractivity contribution in [2.24, 2.45) is 5.84 Å². The summed E-state index contributed by atoms with van der Waals surface area (Å²) in [6.07, 6.45) is 0. The van der Waals surface area contributed by atoms with E-state index in [1.807, 2.05) is 24.3 Å². The molecule has 15 heavy (non-hydrogen) atoms. The van der Waals surface area contributed by atoms with Crippen LogP contribution in [0.15, 0.2) is 35.7 Å². The first-order valence-corrected chi connectivity index (χ1v) is 5.46. The molecule has 0 spiro atoms. The maximum atomic E-state index is 5.27. The van der Waals surface area contributed by atoms with E-state index in [9.17, 15) is 0 Å². The highest BCUT2D eigenvalue weighted by molar-refractivity contribution is 7.09. The second kappa shape index (κ2) is 4.77. The number of aromatic nitrogens is 1. The largest absolute Gasteiger partial charge is 0.365 e. The summed E-state index contributed by atoms with van der Waals surface area (Å²) in [5.41, 5.74) is 2.51. The molecule has 0 fully saturated rings. The van der Waals surface area contributed by atoms with Crippen LogP contribution in [0.3, 0.4) is 0 Å². The number of nitrogen functional groups attached to an aromatic ring is 1. The van der Waals surface area contributed by atoms with E-state index >= 15 is 0 Å².